The zero-order valence-corrected chi connectivity index (χ0v) is 12.0. The van der Waals surface area contributed by atoms with Crippen molar-refractivity contribution in [3.63, 3.8) is 0 Å². The monoisotopic (exact) mass is 275 g/mol. The summed E-state index contributed by atoms with van der Waals surface area (Å²) in [5.74, 6) is -0.804. The molecule has 0 aliphatic rings. The van der Waals surface area contributed by atoms with Gasteiger partial charge in [0.25, 0.3) is 0 Å². The fraction of sp³-hybridized carbons (Fsp3) is 0.294. The molecule has 106 valence electrons. The second kappa shape index (κ2) is 6.14. The predicted octanol–water partition coefficient (Wildman–Crippen LogP) is 4.69. The smallest absolute Gasteiger partial charge is 0.128 e. The SMILES string of the molecule is Cc1ccccc1[C@@H](C)NC(C)c1cc(F)ccc1F. The highest BCUT2D eigenvalue weighted by Crippen LogP contribution is 2.23. The number of rotatable bonds is 4. The van der Waals surface area contributed by atoms with E-state index in [0.717, 1.165) is 11.6 Å². The molecule has 3 heteroatoms. The first-order valence-corrected chi connectivity index (χ1v) is 6.75. The van der Waals surface area contributed by atoms with Crippen molar-refractivity contribution in [3.05, 3.63) is 70.8 Å². The van der Waals surface area contributed by atoms with Crippen LogP contribution in [0.1, 0.15) is 42.6 Å². The maximum absolute atomic E-state index is 13.7. The van der Waals surface area contributed by atoms with Crippen molar-refractivity contribution >= 4 is 0 Å². The lowest BCUT2D eigenvalue weighted by Crippen LogP contribution is -2.24. The number of nitrogens with one attached hydrogen (secondary N) is 1. The first-order valence-electron chi connectivity index (χ1n) is 6.75. The zero-order valence-electron chi connectivity index (χ0n) is 12.0. The lowest BCUT2D eigenvalue weighted by atomic mass is 10.0. The molecule has 20 heavy (non-hydrogen) atoms. The molecule has 0 bridgehead atoms. The van der Waals surface area contributed by atoms with Crippen LogP contribution in [0.4, 0.5) is 8.78 Å². The number of hydrogen-bond acceptors (Lipinski definition) is 1. The standard InChI is InChI=1S/C17H19F2N/c1-11-6-4-5-7-15(11)12(2)20-13(3)16-10-14(18)8-9-17(16)19/h4-10,12-13,20H,1-3H3/t12-,13?/m1/s1. The van der Waals surface area contributed by atoms with Gasteiger partial charge in [-0.1, -0.05) is 24.3 Å². The normalized spacial score (nSPS) is 14.1. The highest BCUT2D eigenvalue weighted by atomic mass is 19.1. The number of halogens is 2. The van der Waals surface area contributed by atoms with Gasteiger partial charge in [-0.15, -0.1) is 0 Å². The van der Waals surface area contributed by atoms with Crippen LogP contribution in [0.2, 0.25) is 0 Å². The van der Waals surface area contributed by atoms with Crippen LogP contribution in [0, 0.1) is 18.6 Å². The summed E-state index contributed by atoms with van der Waals surface area (Å²) in [6, 6.07) is 11.4. The molecule has 2 aromatic rings. The predicted molar refractivity (Wildman–Crippen MR) is 77.5 cm³/mol. The first-order chi connectivity index (χ1) is 9.49. The Bertz CT molecular complexity index is 595. The van der Waals surface area contributed by atoms with Crippen LogP contribution in [-0.4, -0.2) is 0 Å². The molecule has 0 amide bonds. The molecule has 1 nitrogen and oxygen atoms in total. The Morgan fingerprint density at radius 3 is 2.25 bits per heavy atom. The van der Waals surface area contributed by atoms with Crippen molar-refractivity contribution in [2.75, 3.05) is 0 Å². The van der Waals surface area contributed by atoms with Gasteiger partial charge in [0, 0.05) is 17.6 Å². The van der Waals surface area contributed by atoms with Crippen LogP contribution in [0.25, 0.3) is 0 Å². The van der Waals surface area contributed by atoms with Gasteiger partial charge in [0.1, 0.15) is 11.6 Å². The molecule has 2 aromatic carbocycles. The van der Waals surface area contributed by atoms with E-state index in [1.165, 1.54) is 17.7 Å². The highest BCUT2D eigenvalue weighted by Gasteiger charge is 2.16. The van der Waals surface area contributed by atoms with Gasteiger partial charge in [0.05, 0.1) is 0 Å². The summed E-state index contributed by atoms with van der Waals surface area (Å²) >= 11 is 0. The summed E-state index contributed by atoms with van der Waals surface area (Å²) in [5.41, 5.74) is 2.70. The second-order valence-electron chi connectivity index (χ2n) is 5.13. The molecule has 2 atom stereocenters. The van der Waals surface area contributed by atoms with Crippen molar-refractivity contribution in [1.82, 2.24) is 5.32 Å². The van der Waals surface area contributed by atoms with Crippen LogP contribution in [0.5, 0.6) is 0 Å². The lowest BCUT2D eigenvalue weighted by molar-refractivity contribution is 0.469. The summed E-state index contributed by atoms with van der Waals surface area (Å²) in [7, 11) is 0. The van der Waals surface area contributed by atoms with Crippen molar-refractivity contribution < 1.29 is 8.78 Å². The number of hydrogen-bond donors (Lipinski definition) is 1. The summed E-state index contributed by atoms with van der Waals surface area (Å²) in [6.07, 6.45) is 0. The van der Waals surface area contributed by atoms with Gasteiger partial charge in [0.2, 0.25) is 0 Å². The summed E-state index contributed by atoms with van der Waals surface area (Å²) in [6.45, 7) is 5.91. The molecule has 2 rings (SSSR count). The Kier molecular flexibility index (Phi) is 4.50. The van der Waals surface area contributed by atoms with E-state index in [2.05, 4.69) is 5.32 Å². The summed E-state index contributed by atoms with van der Waals surface area (Å²) in [4.78, 5) is 0. The molecule has 0 saturated heterocycles. The molecule has 0 fully saturated rings. The molecule has 1 N–H and O–H groups in total. The van der Waals surface area contributed by atoms with Crippen LogP contribution in [-0.2, 0) is 0 Å². The molecule has 0 aliphatic heterocycles. The van der Waals surface area contributed by atoms with Crippen LogP contribution in [0.15, 0.2) is 42.5 Å². The van der Waals surface area contributed by atoms with Crippen LogP contribution < -0.4 is 5.32 Å². The number of aryl methyl sites for hydroxylation is 1. The maximum Gasteiger partial charge on any atom is 0.128 e. The van der Waals surface area contributed by atoms with E-state index in [-0.39, 0.29) is 17.9 Å². The highest BCUT2D eigenvalue weighted by molar-refractivity contribution is 5.29. The van der Waals surface area contributed by atoms with Gasteiger partial charge < -0.3 is 5.32 Å². The third-order valence-corrected chi connectivity index (χ3v) is 3.58. The molecular weight excluding hydrogens is 256 g/mol. The van der Waals surface area contributed by atoms with Crippen molar-refractivity contribution in [3.8, 4) is 0 Å². The molecular formula is C17H19F2N. The minimum absolute atomic E-state index is 0.0638. The Hall–Kier alpha value is -1.74. The van der Waals surface area contributed by atoms with Gasteiger partial charge in [-0.25, -0.2) is 8.78 Å². The van der Waals surface area contributed by atoms with E-state index in [0.29, 0.717) is 5.56 Å². The van der Waals surface area contributed by atoms with Gasteiger partial charge in [0.15, 0.2) is 0 Å². The minimum atomic E-state index is -0.418. The zero-order chi connectivity index (χ0) is 14.7. The third-order valence-electron chi connectivity index (χ3n) is 3.58. The van der Waals surface area contributed by atoms with E-state index in [9.17, 15) is 8.78 Å². The Morgan fingerprint density at radius 1 is 0.900 bits per heavy atom. The summed E-state index contributed by atoms with van der Waals surface area (Å²) < 4.78 is 27.0. The third kappa shape index (κ3) is 3.23. The first kappa shape index (κ1) is 14.7. The van der Waals surface area contributed by atoms with Crippen molar-refractivity contribution in [1.29, 1.82) is 0 Å². The Labute approximate surface area is 118 Å². The van der Waals surface area contributed by atoms with Crippen LogP contribution in [0.3, 0.4) is 0 Å². The second-order valence-corrected chi connectivity index (χ2v) is 5.13. The minimum Gasteiger partial charge on any atom is -0.304 e. The molecule has 0 heterocycles. The van der Waals surface area contributed by atoms with E-state index in [1.807, 2.05) is 45.0 Å². The largest absolute Gasteiger partial charge is 0.304 e. The summed E-state index contributed by atoms with van der Waals surface area (Å²) in [5, 5.41) is 3.31. The molecule has 0 radical (unpaired) electrons. The molecule has 1 unspecified atom stereocenters. The fourth-order valence-corrected chi connectivity index (χ4v) is 2.47. The lowest BCUT2D eigenvalue weighted by Gasteiger charge is -2.22. The molecule has 0 aliphatic carbocycles. The van der Waals surface area contributed by atoms with E-state index in [4.69, 9.17) is 0 Å². The van der Waals surface area contributed by atoms with Crippen LogP contribution >= 0.6 is 0 Å². The van der Waals surface area contributed by atoms with E-state index in [1.54, 1.807) is 0 Å². The van der Waals surface area contributed by atoms with Crippen molar-refractivity contribution in [2.24, 2.45) is 0 Å². The van der Waals surface area contributed by atoms with Gasteiger partial charge in [-0.3, -0.25) is 0 Å². The average Bonchev–Trinajstić information content (AvgIpc) is 2.41. The van der Waals surface area contributed by atoms with E-state index >= 15 is 0 Å². The topological polar surface area (TPSA) is 12.0 Å². The van der Waals surface area contributed by atoms with Gasteiger partial charge in [-0.2, -0.15) is 0 Å². The molecule has 0 spiro atoms. The van der Waals surface area contributed by atoms with E-state index < -0.39 is 5.82 Å². The Balaban J connectivity index is 2.17. The fourth-order valence-electron chi connectivity index (χ4n) is 2.47. The van der Waals surface area contributed by atoms with Gasteiger partial charge >= 0.3 is 0 Å². The maximum atomic E-state index is 13.7. The molecule has 0 saturated carbocycles. The average molecular weight is 275 g/mol. The van der Waals surface area contributed by atoms with Gasteiger partial charge in [-0.05, 0) is 50.1 Å². The molecule has 0 aromatic heterocycles. The number of benzene rings is 2. The Morgan fingerprint density at radius 2 is 1.55 bits per heavy atom. The quantitative estimate of drug-likeness (QED) is 0.854. The van der Waals surface area contributed by atoms with Crippen molar-refractivity contribution in [2.45, 2.75) is 32.9 Å².